The molecule has 0 fully saturated rings. The Hall–Kier alpha value is -3.47. The van der Waals surface area contributed by atoms with Crippen LogP contribution in [0.2, 0.25) is 0 Å². The molecule has 2 N–H and O–H groups in total. The van der Waals surface area contributed by atoms with E-state index in [1.54, 1.807) is 32.9 Å². The molecule has 0 radical (unpaired) electrons. The number of amides is 2. The second-order valence-corrected chi connectivity index (χ2v) is 9.13. The van der Waals surface area contributed by atoms with Gasteiger partial charge in [0.05, 0.1) is 28.1 Å². The maximum absolute atomic E-state index is 12.7. The van der Waals surface area contributed by atoms with Crippen LogP contribution in [0.3, 0.4) is 0 Å². The first-order valence-electron chi connectivity index (χ1n) is 9.32. The van der Waals surface area contributed by atoms with Gasteiger partial charge in [-0.05, 0) is 38.5 Å². The van der Waals surface area contributed by atoms with Gasteiger partial charge in [0.25, 0.3) is 11.6 Å². The fraction of sp³-hybridized carbons (Fsp3) is 0.300. The van der Waals surface area contributed by atoms with Gasteiger partial charge < -0.3 is 10.6 Å². The average Bonchev–Trinajstić information content (AvgIpc) is 2.65. The van der Waals surface area contributed by atoms with E-state index in [0.717, 1.165) is 16.6 Å². The number of nitrogens with one attached hydrogen (secondary N) is 2. The van der Waals surface area contributed by atoms with Gasteiger partial charge in [0, 0.05) is 18.2 Å². The monoisotopic (exact) mass is 448 g/mol. The van der Waals surface area contributed by atoms with Crippen molar-refractivity contribution in [2.24, 2.45) is 0 Å². The molecular formula is C20H24N4O6S. The Bertz CT molecular complexity index is 1110. The van der Waals surface area contributed by atoms with Crippen LogP contribution in [0.1, 0.15) is 29.8 Å². The molecule has 2 aromatic carbocycles. The zero-order chi connectivity index (χ0) is 23.3. The van der Waals surface area contributed by atoms with E-state index < -0.39 is 27.4 Å². The second-order valence-electron chi connectivity index (χ2n) is 7.22. The molecule has 0 aliphatic carbocycles. The lowest BCUT2D eigenvalue weighted by Crippen LogP contribution is -2.38. The average molecular weight is 449 g/mol. The molecule has 0 saturated heterocycles. The Morgan fingerprint density at radius 2 is 1.81 bits per heavy atom. The normalized spacial score (nSPS) is 11.1. The maximum Gasteiger partial charge on any atom is 0.271 e. The molecule has 0 heterocycles. The molecule has 11 heteroatoms. The zero-order valence-corrected chi connectivity index (χ0v) is 18.4. The number of hydrogen-bond donors (Lipinski definition) is 2. The van der Waals surface area contributed by atoms with E-state index in [1.165, 1.54) is 24.3 Å². The van der Waals surface area contributed by atoms with Gasteiger partial charge in [0.2, 0.25) is 15.9 Å². The first-order chi connectivity index (χ1) is 14.4. The predicted octanol–water partition coefficient (Wildman–Crippen LogP) is 2.45. The van der Waals surface area contributed by atoms with E-state index in [1.807, 2.05) is 0 Å². The second kappa shape index (κ2) is 9.56. The third kappa shape index (κ3) is 6.25. The molecule has 0 atom stereocenters. The molecule has 0 aliphatic rings. The highest BCUT2D eigenvalue weighted by atomic mass is 32.2. The van der Waals surface area contributed by atoms with Crippen LogP contribution in [0.4, 0.5) is 17.1 Å². The minimum absolute atomic E-state index is 0.0256. The minimum atomic E-state index is -3.94. The van der Waals surface area contributed by atoms with Crippen LogP contribution in [0.15, 0.2) is 42.5 Å². The highest BCUT2D eigenvalue weighted by Gasteiger charge is 2.25. The van der Waals surface area contributed by atoms with Crippen molar-refractivity contribution in [3.05, 3.63) is 63.7 Å². The van der Waals surface area contributed by atoms with Crippen molar-refractivity contribution in [3.63, 3.8) is 0 Å². The standard InChI is InChI=1S/C20H24N4O6S/c1-13(2)21-20(26)16-7-5-6-8-17(16)22-19(25)12-23(31(4,29)30)18-11-15(24(27)28)10-9-14(18)3/h5-11,13H,12H2,1-4H3,(H,21,26)(H,22,25). The summed E-state index contributed by atoms with van der Waals surface area (Å²) in [6.07, 6.45) is 0.905. The number of non-ortho nitro benzene ring substituents is 1. The van der Waals surface area contributed by atoms with E-state index in [-0.39, 0.29) is 34.6 Å². The summed E-state index contributed by atoms with van der Waals surface area (Å²) in [5, 5.41) is 16.4. The van der Waals surface area contributed by atoms with Crippen molar-refractivity contribution in [2.45, 2.75) is 26.8 Å². The van der Waals surface area contributed by atoms with Gasteiger partial charge in [-0.2, -0.15) is 0 Å². The number of benzene rings is 2. The number of aryl methyl sites for hydroxylation is 1. The summed E-state index contributed by atoms with van der Waals surface area (Å²) < 4.78 is 25.5. The van der Waals surface area contributed by atoms with E-state index in [4.69, 9.17) is 0 Å². The number of carbonyl (C=O) groups excluding carboxylic acids is 2. The molecule has 0 spiro atoms. The molecule has 2 rings (SSSR count). The number of nitro benzene ring substituents is 1. The first-order valence-corrected chi connectivity index (χ1v) is 11.2. The van der Waals surface area contributed by atoms with Crippen LogP contribution in [-0.4, -0.2) is 44.0 Å². The van der Waals surface area contributed by atoms with Gasteiger partial charge in [-0.25, -0.2) is 8.42 Å². The first kappa shape index (κ1) is 23.8. The summed E-state index contributed by atoms with van der Waals surface area (Å²) >= 11 is 0. The van der Waals surface area contributed by atoms with Crippen molar-refractivity contribution in [1.82, 2.24) is 5.32 Å². The molecule has 10 nitrogen and oxygen atoms in total. The van der Waals surface area contributed by atoms with Crippen LogP contribution < -0.4 is 14.9 Å². The third-order valence-corrected chi connectivity index (χ3v) is 5.35. The van der Waals surface area contributed by atoms with Gasteiger partial charge in [-0.3, -0.25) is 24.0 Å². The SMILES string of the molecule is Cc1ccc([N+](=O)[O-])cc1N(CC(=O)Nc1ccccc1C(=O)NC(C)C)S(C)(=O)=O. The van der Waals surface area contributed by atoms with Gasteiger partial charge >= 0.3 is 0 Å². The number of carbonyl (C=O) groups is 2. The number of anilines is 2. The molecule has 2 aromatic rings. The molecule has 0 saturated carbocycles. The highest BCUT2D eigenvalue weighted by Crippen LogP contribution is 2.27. The molecule has 166 valence electrons. The number of nitrogens with zero attached hydrogens (tertiary/aromatic N) is 2. The number of sulfonamides is 1. The maximum atomic E-state index is 12.7. The van der Waals surface area contributed by atoms with E-state index in [9.17, 15) is 28.1 Å². The molecule has 0 bridgehead atoms. The smallest absolute Gasteiger partial charge is 0.271 e. The van der Waals surface area contributed by atoms with Gasteiger partial charge in [-0.15, -0.1) is 0 Å². The molecule has 31 heavy (non-hydrogen) atoms. The quantitative estimate of drug-likeness (QED) is 0.470. The fourth-order valence-electron chi connectivity index (χ4n) is 2.81. The molecular weight excluding hydrogens is 424 g/mol. The molecule has 0 aromatic heterocycles. The topological polar surface area (TPSA) is 139 Å². The molecule has 0 aliphatic heterocycles. The Morgan fingerprint density at radius 1 is 1.16 bits per heavy atom. The summed E-state index contributed by atoms with van der Waals surface area (Å²) in [7, 11) is -3.94. The van der Waals surface area contributed by atoms with Crippen LogP contribution in [-0.2, 0) is 14.8 Å². The number of para-hydroxylation sites is 1. The Labute approximate surface area is 180 Å². The van der Waals surface area contributed by atoms with Crippen LogP contribution in [0, 0.1) is 17.0 Å². The van der Waals surface area contributed by atoms with Crippen LogP contribution in [0.25, 0.3) is 0 Å². The fourth-order valence-corrected chi connectivity index (χ4v) is 3.72. The van der Waals surface area contributed by atoms with Crippen LogP contribution >= 0.6 is 0 Å². The number of nitro groups is 1. The van der Waals surface area contributed by atoms with Crippen molar-refractivity contribution in [3.8, 4) is 0 Å². The van der Waals surface area contributed by atoms with Gasteiger partial charge in [-0.1, -0.05) is 18.2 Å². The third-order valence-electron chi connectivity index (χ3n) is 4.23. The zero-order valence-electron chi connectivity index (χ0n) is 17.6. The lowest BCUT2D eigenvalue weighted by molar-refractivity contribution is -0.384. The minimum Gasteiger partial charge on any atom is -0.350 e. The molecule has 2 amide bonds. The van der Waals surface area contributed by atoms with Crippen molar-refractivity contribution in [1.29, 1.82) is 0 Å². The molecule has 0 unspecified atom stereocenters. The number of rotatable bonds is 8. The van der Waals surface area contributed by atoms with Crippen LogP contribution in [0.5, 0.6) is 0 Å². The summed E-state index contributed by atoms with van der Waals surface area (Å²) in [4.78, 5) is 35.5. The summed E-state index contributed by atoms with van der Waals surface area (Å²) in [6.45, 7) is 4.55. The Morgan fingerprint density at radius 3 is 2.39 bits per heavy atom. The van der Waals surface area contributed by atoms with E-state index in [0.29, 0.717) is 5.56 Å². The van der Waals surface area contributed by atoms with Crippen molar-refractivity contribution < 1.29 is 22.9 Å². The van der Waals surface area contributed by atoms with Crippen molar-refractivity contribution >= 4 is 38.9 Å². The Kier molecular flexibility index (Phi) is 7.34. The van der Waals surface area contributed by atoms with Gasteiger partial charge in [0.15, 0.2) is 0 Å². The largest absolute Gasteiger partial charge is 0.350 e. The lowest BCUT2D eigenvalue weighted by atomic mass is 10.1. The summed E-state index contributed by atoms with van der Waals surface area (Å²) in [5.41, 5.74) is 0.612. The predicted molar refractivity (Wildman–Crippen MR) is 118 cm³/mol. The van der Waals surface area contributed by atoms with E-state index in [2.05, 4.69) is 10.6 Å². The Balaban J connectivity index is 2.34. The van der Waals surface area contributed by atoms with Gasteiger partial charge in [0.1, 0.15) is 6.54 Å². The summed E-state index contributed by atoms with van der Waals surface area (Å²) in [6, 6.07) is 9.98. The summed E-state index contributed by atoms with van der Waals surface area (Å²) in [5.74, 6) is -1.10. The highest BCUT2D eigenvalue weighted by molar-refractivity contribution is 7.92. The van der Waals surface area contributed by atoms with Crippen molar-refractivity contribution in [2.75, 3.05) is 22.4 Å². The van der Waals surface area contributed by atoms with E-state index >= 15 is 0 Å². The number of hydrogen-bond acceptors (Lipinski definition) is 6. The lowest BCUT2D eigenvalue weighted by Gasteiger charge is -2.23.